The van der Waals surface area contributed by atoms with Crippen LogP contribution in [0, 0.1) is 0 Å². The topological polar surface area (TPSA) is 81.8 Å². The van der Waals surface area contributed by atoms with Gasteiger partial charge in [-0.1, -0.05) is 12.1 Å². The van der Waals surface area contributed by atoms with E-state index >= 15 is 0 Å². The summed E-state index contributed by atoms with van der Waals surface area (Å²) in [6.45, 7) is 1.67. The van der Waals surface area contributed by atoms with Crippen LogP contribution in [0.15, 0.2) is 24.3 Å². The maximum Gasteiger partial charge on any atom is 0.324 e. The lowest BCUT2D eigenvalue weighted by Crippen LogP contribution is -2.40. The minimum absolute atomic E-state index is 0.130. The van der Waals surface area contributed by atoms with Gasteiger partial charge in [-0.15, -0.1) is 0 Å². The Kier molecular flexibility index (Phi) is 5.11. The van der Waals surface area contributed by atoms with E-state index in [0.717, 1.165) is 5.56 Å². The molecule has 0 aromatic heterocycles. The van der Waals surface area contributed by atoms with Crippen LogP contribution in [0.2, 0.25) is 0 Å². The molecule has 0 saturated carbocycles. The second-order valence-electron chi connectivity index (χ2n) is 5.23. The van der Waals surface area contributed by atoms with Crippen molar-refractivity contribution in [3.8, 4) is 0 Å². The first-order chi connectivity index (χ1) is 10.5. The van der Waals surface area contributed by atoms with Crippen molar-refractivity contribution in [1.82, 2.24) is 20.4 Å². The van der Waals surface area contributed by atoms with Crippen molar-refractivity contribution in [3.05, 3.63) is 35.4 Å². The van der Waals surface area contributed by atoms with E-state index in [1.54, 1.807) is 19.2 Å². The van der Waals surface area contributed by atoms with E-state index in [2.05, 4.69) is 10.6 Å². The number of benzene rings is 1. The van der Waals surface area contributed by atoms with Crippen molar-refractivity contribution >= 4 is 17.8 Å². The van der Waals surface area contributed by atoms with Crippen LogP contribution < -0.4 is 10.6 Å². The molecule has 0 aliphatic carbocycles. The average molecular weight is 304 g/mol. The lowest BCUT2D eigenvalue weighted by Gasteiger charge is -2.19. The Hall–Kier alpha value is -2.41. The fourth-order valence-corrected chi connectivity index (χ4v) is 2.30. The van der Waals surface area contributed by atoms with Crippen molar-refractivity contribution in [2.24, 2.45) is 0 Å². The minimum Gasteiger partial charge on any atom is -0.355 e. The van der Waals surface area contributed by atoms with Gasteiger partial charge in [-0.2, -0.15) is 0 Å². The highest BCUT2D eigenvalue weighted by molar-refractivity contribution is 5.96. The number of rotatable bonds is 5. The zero-order valence-corrected chi connectivity index (χ0v) is 12.8. The molecule has 118 valence electrons. The summed E-state index contributed by atoms with van der Waals surface area (Å²) >= 11 is 0. The molecule has 1 fully saturated rings. The third-order valence-electron chi connectivity index (χ3n) is 3.46. The first-order valence-corrected chi connectivity index (χ1v) is 7.09. The zero-order valence-electron chi connectivity index (χ0n) is 12.8. The summed E-state index contributed by atoms with van der Waals surface area (Å²) in [4.78, 5) is 38.0. The van der Waals surface area contributed by atoms with Crippen LogP contribution in [0.25, 0.3) is 0 Å². The highest BCUT2D eigenvalue weighted by atomic mass is 16.2. The van der Waals surface area contributed by atoms with Crippen LogP contribution in [0.3, 0.4) is 0 Å². The van der Waals surface area contributed by atoms with E-state index in [9.17, 15) is 14.4 Å². The van der Waals surface area contributed by atoms with E-state index in [4.69, 9.17) is 0 Å². The van der Waals surface area contributed by atoms with Crippen molar-refractivity contribution in [2.75, 3.05) is 33.7 Å². The average Bonchev–Trinajstić information content (AvgIpc) is 2.93. The highest BCUT2D eigenvalue weighted by Gasteiger charge is 2.26. The molecular weight excluding hydrogens is 284 g/mol. The molecule has 0 bridgehead atoms. The first kappa shape index (κ1) is 16.0. The summed E-state index contributed by atoms with van der Waals surface area (Å²) in [6.07, 6.45) is 0. The maximum atomic E-state index is 12.0. The first-order valence-electron chi connectivity index (χ1n) is 7.09. The summed E-state index contributed by atoms with van der Waals surface area (Å²) in [6, 6.07) is 6.88. The van der Waals surface area contributed by atoms with Gasteiger partial charge in [0.2, 0.25) is 5.91 Å². The molecule has 2 N–H and O–H groups in total. The predicted octanol–water partition coefficient (Wildman–Crippen LogP) is 0.0298. The SMILES string of the molecule is CNC(=O)c1ccc(CN(C)CC(=O)N2CCNC2=O)cc1. The number of hydrogen-bond donors (Lipinski definition) is 2. The van der Waals surface area contributed by atoms with Crippen molar-refractivity contribution in [2.45, 2.75) is 6.54 Å². The Bertz CT molecular complexity index is 571. The normalized spacial score (nSPS) is 14.1. The molecule has 7 heteroatoms. The van der Waals surface area contributed by atoms with Crippen molar-refractivity contribution in [3.63, 3.8) is 0 Å². The van der Waals surface area contributed by atoms with Gasteiger partial charge in [-0.25, -0.2) is 4.79 Å². The van der Waals surface area contributed by atoms with Gasteiger partial charge in [0, 0.05) is 32.2 Å². The summed E-state index contributed by atoms with van der Waals surface area (Å²) in [7, 11) is 3.41. The molecular formula is C15H20N4O3. The number of likely N-dealkylation sites (N-methyl/N-ethyl adjacent to an activating group) is 1. The van der Waals surface area contributed by atoms with Gasteiger partial charge in [0.25, 0.3) is 5.91 Å². The molecule has 0 atom stereocenters. The van der Waals surface area contributed by atoms with Gasteiger partial charge >= 0.3 is 6.03 Å². The molecule has 2 rings (SSSR count). The van der Waals surface area contributed by atoms with E-state index in [0.29, 0.717) is 25.2 Å². The van der Waals surface area contributed by atoms with Gasteiger partial charge in [0.05, 0.1) is 6.54 Å². The summed E-state index contributed by atoms with van der Waals surface area (Å²) < 4.78 is 0. The Morgan fingerprint density at radius 3 is 2.55 bits per heavy atom. The Balaban J connectivity index is 1.88. The lowest BCUT2D eigenvalue weighted by molar-refractivity contribution is -0.128. The fourth-order valence-electron chi connectivity index (χ4n) is 2.30. The molecule has 0 spiro atoms. The van der Waals surface area contributed by atoms with Crippen molar-refractivity contribution in [1.29, 1.82) is 0 Å². The fraction of sp³-hybridized carbons (Fsp3) is 0.400. The molecule has 4 amide bonds. The number of carbonyl (C=O) groups is 3. The highest BCUT2D eigenvalue weighted by Crippen LogP contribution is 2.07. The van der Waals surface area contributed by atoms with Gasteiger partial charge in [0.1, 0.15) is 0 Å². The molecule has 22 heavy (non-hydrogen) atoms. The third kappa shape index (κ3) is 3.82. The smallest absolute Gasteiger partial charge is 0.324 e. The predicted molar refractivity (Wildman–Crippen MR) is 81.3 cm³/mol. The summed E-state index contributed by atoms with van der Waals surface area (Å²) in [5.74, 6) is -0.338. The zero-order chi connectivity index (χ0) is 16.1. The van der Waals surface area contributed by atoms with Gasteiger partial charge in [-0.3, -0.25) is 19.4 Å². The van der Waals surface area contributed by atoms with Crippen LogP contribution in [0.4, 0.5) is 4.79 Å². The number of nitrogens with one attached hydrogen (secondary N) is 2. The second-order valence-corrected chi connectivity index (χ2v) is 5.23. The van der Waals surface area contributed by atoms with Crippen LogP contribution in [0.1, 0.15) is 15.9 Å². The molecule has 1 aromatic rings. The molecule has 7 nitrogen and oxygen atoms in total. The monoisotopic (exact) mass is 304 g/mol. The van der Waals surface area contributed by atoms with Crippen molar-refractivity contribution < 1.29 is 14.4 Å². The number of urea groups is 1. The van der Waals surface area contributed by atoms with Crippen LogP contribution in [-0.4, -0.2) is 61.4 Å². The number of imide groups is 1. The Morgan fingerprint density at radius 2 is 2.00 bits per heavy atom. The number of amides is 4. The van der Waals surface area contributed by atoms with Crippen LogP contribution >= 0.6 is 0 Å². The Morgan fingerprint density at radius 1 is 1.32 bits per heavy atom. The molecule has 0 radical (unpaired) electrons. The number of nitrogens with zero attached hydrogens (tertiary/aromatic N) is 2. The summed E-state index contributed by atoms with van der Waals surface area (Å²) in [5.41, 5.74) is 1.59. The molecule has 1 aromatic carbocycles. The number of carbonyl (C=O) groups excluding carboxylic acids is 3. The van der Waals surface area contributed by atoms with E-state index in [-0.39, 0.29) is 24.4 Å². The third-order valence-corrected chi connectivity index (χ3v) is 3.46. The summed E-state index contributed by atoms with van der Waals surface area (Å²) in [5, 5.41) is 5.17. The van der Waals surface area contributed by atoms with Gasteiger partial charge < -0.3 is 10.6 Å². The lowest BCUT2D eigenvalue weighted by atomic mass is 10.1. The Labute approximate surface area is 129 Å². The van der Waals surface area contributed by atoms with Gasteiger partial charge in [-0.05, 0) is 24.7 Å². The standard InChI is InChI=1S/C15H20N4O3/c1-16-14(21)12-5-3-11(4-6-12)9-18(2)10-13(20)19-8-7-17-15(19)22/h3-6H,7-10H2,1-2H3,(H,16,21)(H,17,22). The van der Waals surface area contributed by atoms with E-state index < -0.39 is 0 Å². The quantitative estimate of drug-likeness (QED) is 0.804. The minimum atomic E-state index is -0.326. The van der Waals surface area contributed by atoms with Gasteiger partial charge in [0.15, 0.2) is 0 Å². The number of hydrogen-bond acceptors (Lipinski definition) is 4. The second kappa shape index (κ2) is 7.04. The molecule has 1 heterocycles. The van der Waals surface area contributed by atoms with E-state index in [1.165, 1.54) is 4.90 Å². The maximum absolute atomic E-state index is 12.0. The van der Waals surface area contributed by atoms with Crippen LogP contribution in [-0.2, 0) is 11.3 Å². The molecule has 1 aliphatic rings. The molecule has 1 saturated heterocycles. The molecule has 1 aliphatic heterocycles. The molecule has 0 unspecified atom stereocenters. The largest absolute Gasteiger partial charge is 0.355 e. The van der Waals surface area contributed by atoms with E-state index in [1.807, 2.05) is 24.1 Å². The van der Waals surface area contributed by atoms with Crippen LogP contribution in [0.5, 0.6) is 0 Å².